The van der Waals surface area contributed by atoms with E-state index in [1.54, 1.807) is 6.92 Å². The maximum Gasteiger partial charge on any atom is 0.130 e. The first-order valence-corrected chi connectivity index (χ1v) is 7.74. The molecule has 0 aliphatic heterocycles. The highest BCUT2D eigenvalue weighted by atomic mass is 32.1. The fraction of sp³-hybridized carbons (Fsp3) is 0.375. The molecule has 1 atom stereocenters. The van der Waals surface area contributed by atoms with Crippen LogP contribution in [0.5, 0.6) is 0 Å². The summed E-state index contributed by atoms with van der Waals surface area (Å²) < 4.78 is 27.4. The quantitative estimate of drug-likeness (QED) is 0.883. The molecule has 1 unspecified atom stereocenters. The van der Waals surface area contributed by atoms with Crippen molar-refractivity contribution in [1.82, 2.24) is 5.32 Å². The van der Waals surface area contributed by atoms with Crippen LogP contribution in [0.25, 0.3) is 0 Å². The minimum Gasteiger partial charge on any atom is -0.305 e. The molecule has 3 rings (SSSR count). The molecule has 0 fully saturated rings. The predicted molar refractivity (Wildman–Crippen MR) is 78.0 cm³/mol. The average molecular weight is 293 g/mol. The minimum atomic E-state index is -0.487. The maximum absolute atomic E-state index is 13.7. The van der Waals surface area contributed by atoms with Crippen molar-refractivity contribution in [3.8, 4) is 0 Å². The highest BCUT2D eigenvalue weighted by molar-refractivity contribution is 7.12. The Morgan fingerprint density at radius 1 is 1.25 bits per heavy atom. The van der Waals surface area contributed by atoms with Gasteiger partial charge in [-0.1, -0.05) is 6.07 Å². The van der Waals surface area contributed by atoms with Gasteiger partial charge in [0, 0.05) is 27.9 Å². The van der Waals surface area contributed by atoms with Crippen molar-refractivity contribution < 1.29 is 8.78 Å². The van der Waals surface area contributed by atoms with Gasteiger partial charge in [0.2, 0.25) is 0 Å². The van der Waals surface area contributed by atoms with Crippen molar-refractivity contribution in [1.29, 1.82) is 0 Å². The van der Waals surface area contributed by atoms with Crippen molar-refractivity contribution in [2.45, 2.75) is 38.8 Å². The molecule has 106 valence electrons. The van der Waals surface area contributed by atoms with Crippen LogP contribution in [-0.2, 0) is 19.4 Å². The number of hydrogen-bond donors (Lipinski definition) is 1. The molecule has 1 aliphatic rings. The molecule has 1 N–H and O–H groups in total. The molecule has 0 bridgehead atoms. The fourth-order valence-corrected chi connectivity index (χ4v) is 3.97. The average Bonchev–Trinajstić information content (AvgIpc) is 2.96. The zero-order valence-electron chi connectivity index (χ0n) is 11.4. The number of aryl methyl sites for hydroxylation is 2. The zero-order chi connectivity index (χ0) is 14.1. The monoisotopic (exact) mass is 293 g/mol. The summed E-state index contributed by atoms with van der Waals surface area (Å²) in [7, 11) is 0. The molecule has 0 spiro atoms. The van der Waals surface area contributed by atoms with Gasteiger partial charge >= 0.3 is 0 Å². The normalized spacial score (nSPS) is 15.3. The Hall–Kier alpha value is -1.26. The largest absolute Gasteiger partial charge is 0.305 e. The van der Waals surface area contributed by atoms with Crippen LogP contribution in [0.15, 0.2) is 24.3 Å². The summed E-state index contributed by atoms with van der Waals surface area (Å²) in [6.07, 6.45) is 3.60. The molecule has 1 aromatic heterocycles. The molecule has 2 aromatic rings. The van der Waals surface area contributed by atoms with Gasteiger partial charge in [-0.25, -0.2) is 8.78 Å². The Balaban J connectivity index is 1.68. The van der Waals surface area contributed by atoms with Crippen LogP contribution >= 0.6 is 11.3 Å². The highest BCUT2D eigenvalue weighted by Gasteiger charge is 2.17. The Morgan fingerprint density at radius 2 is 2.00 bits per heavy atom. The van der Waals surface area contributed by atoms with Crippen molar-refractivity contribution in [3.05, 3.63) is 56.8 Å². The van der Waals surface area contributed by atoms with Crippen molar-refractivity contribution in [2.75, 3.05) is 0 Å². The van der Waals surface area contributed by atoms with Gasteiger partial charge < -0.3 is 5.32 Å². The molecule has 0 saturated heterocycles. The van der Waals surface area contributed by atoms with E-state index < -0.39 is 11.6 Å². The SMILES string of the molecule is CC(NCc1cc2c(s1)CCC2)c1c(F)cccc1F. The van der Waals surface area contributed by atoms with E-state index in [2.05, 4.69) is 11.4 Å². The molecule has 1 aromatic carbocycles. The van der Waals surface area contributed by atoms with E-state index in [1.807, 2.05) is 11.3 Å². The molecule has 0 radical (unpaired) electrons. The molecular weight excluding hydrogens is 276 g/mol. The van der Waals surface area contributed by atoms with Gasteiger partial charge in [-0.05, 0) is 49.9 Å². The zero-order valence-corrected chi connectivity index (χ0v) is 12.2. The third-order valence-electron chi connectivity index (χ3n) is 3.81. The van der Waals surface area contributed by atoms with Gasteiger partial charge in [-0.2, -0.15) is 0 Å². The lowest BCUT2D eigenvalue weighted by Crippen LogP contribution is -2.19. The van der Waals surface area contributed by atoms with E-state index in [1.165, 1.54) is 52.8 Å². The van der Waals surface area contributed by atoms with Crippen LogP contribution < -0.4 is 5.32 Å². The number of hydrogen-bond acceptors (Lipinski definition) is 2. The van der Waals surface area contributed by atoms with Crippen LogP contribution in [0, 0.1) is 11.6 Å². The topological polar surface area (TPSA) is 12.0 Å². The van der Waals surface area contributed by atoms with E-state index in [4.69, 9.17) is 0 Å². The van der Waals surface area contributed by atoms with Crippen molar-refractivity contribution >= 4 is 11.3 Å². The smallest absolute Gasteiger partial charge is 0.130 e. The number of rotatable bonds is 4. The number of benzene rings is 1. The molecule has 1 aliphatic carbocycles. The molecular formula is C16H17F2NS. The number of fused-ring (bicyclic) bond motifs is 1. The molecule has 1 heterocycles. The molecule has 20 heavy (non-hydrogen) atoms. The first-order valence-electron chi connectivity index (χ1n) is 6.93. The summed E-state index contributed by atoms with van der Waals surface area (Å²) in [5.41, 5.74) is 1.58. The Labute approximate surface area is 121 Å². The van der Waals surface area contributed by atoms with Crippen LogP contribution in [0.1, 0.15) is 40.3 Å². The van der Waals surface area contributed by atoms with Crippen molar-refractivity contribution in [2.24, 2.45) is 0 Å². The summed E-state index contributed by atoms with van der Waals surface area (Å²) in [6, 6.07) is 5.88. The summed E-state index contributed by atoms with van der Waals surface area (Å²) in [6.45, 7) is 2.45. The van der Waals surface area contributed by atoms with Crippen LogP contribution in [0.4, 0.5) is 8.78 Å². The van der Waals surface area contributed by atoms with Gasteiger partial charge in [0.05, 0.1) is 0 Å². The van der Waals surface area contributed by atoms with E-state index in [0.29, 0.717) is 6.54 Å². The third kappa shape index (κ3) is 2.63. The lowest BCUT2D eigenvalue weighted by Gasteiger charge is -2.15. The fourth-order valence-electron chi connectivity index (χ4n) is 2.76. The number of nitrogens with one attached hydrogen (secondary N) is 1. The Bertz CT molecular complexity index is 579. The van der Waals surface area contributed by atoms with E-state index in [9.17, 15) is 8.78 Å². The van der Waals surface area contributed by atoms with Gasteiger partial charge in [0.1, 0.15) is 11.6 Å². The second-order valence-corrected chi connectivity index (χ2v) is 6.47. The van der Waals surface area contributed by atoms with Crippen LogP contribution in [0.3, 0.4) is 0 Å². The lowest BCUT2D eigenvalue weighted by molar-refractivity contribution is 0.489. The van der Waals surface area contributed by atoms with E-state index in [-0.39, 0.29) is 11.6 Å². The lowest BCUT2D eigenvalue weighted by atomic mass is 10.1. The van der Waals surface area contributed by atoms with Gasteiger partial charge in [-0.15, -0.1) is 11.3 Å². The van der Waals surface area contributed by atoms with Crippen LogP contribution in [-0.4, -0.2) is 0 Å². The highest BCUT2D eigenvalue weighted by Crippen LogP contribution is 2.31. The second-order valence-electron chi connectivity index (χ2n) is 5.25. The maximum atomic E-state index is 13.7. The molecule has 1 nitrogen and oxygen atoms in total. The second kappa shape index (κ2) is 5.62. The Morgan fingerprint density at radius 3 is 2.70 bits per heavy atom. The first-order chi connectivity index (χ1) is 9.65. The van der Waals surface area contributed by atoms with Gasteiger partial charge in [0.25, 0.3) is 0 Å². The minimum absolute atomic E-state index is 0.122. The van der Waals surface area contributed by atoms with Crippen LogP contribution in [0.2, 0.25) is 0 Å². The van der Waals surface area contributed by atoms with E-state index >= 15 is 0 Å². The summed E-state index contributed by atoms with van der Waals surface area (Å²) in [5.74, 6) is -0.975. The Kier molecular flexibility index (Phi) is 3.85. The first kappa shape index (κ1) is 13.7. The van der Waals surface area contributed by atoms with Gasteiger partial charge in [-0.3, -0.25) is 0 Å². The molecule has 0 saturated carbocycles. The molecule has 4 heteroatoms. The summed E-state index contributed by atoms with van der Waals surface area (Å²) >= 11 is 1.82. The number of halogens is 2. The van der Waals surface area contributed by atoms with Crippen molar-refractivity contribution in [3.63, 3.8) is 0 Å². The summed E-state index contributed by atoms with van der Waals surface area (Å²) in [5, 5.41) is 3.22. The third-order valence-corrected chi connectivity index (χ3v) is 5.05. The standard InChI is InChI=1S/C16H17F2NS/c1-10(16-13(17)5-3-6-14(16)18)19-9-12-8-11-4-2-7-15(11)20-12/h3,5-6,8,10,19H,2,4,7,9H2,1H3. The molecule has 0 amide bonds. The predicted octanol–water partition coefficient (Wildman–Crippen LogP) is 4.37. The van der Waals surface area contributed by atoms with E-state index in [0.717, 1.165) is 0 Å². The summed E-state index contributed by atoms with van der Waals surface area (Å²) in [4.78, 5) is 2.73. The number of thiophene rings is 1. The van der Waals surface area contributed by atoms with Gasteiger partial charge in [0.15, 0.2) is 0 Å².